The summed E-state index contributed by atoms with van der Waals surface area (Å²) in [5.41, 5.74) is -0.00911. The lowest BCUT2D eigenvalue weighted by atomic mass is 10.0. The van der Waals surface area contributed by atoms with Gasteiger partial charge in [-0.25, -0.2) is 4.79 Å². The van der Waals surface area contributed by atoms with E-state index in [0.717, 1.165) is 11.0 Å². The number of esters is 1. The number of aliphatic carboxylic acids is 1. The van der Waals surface area contributed by atoms with Crippen LogP contribution in [0.2, 0.25) is 0 Å². The number of carbonyl (C=O) groups is 4. The normalized spacial score (nSPS) is 11.1. The van der Waals surface area contributed by atoms with E-state index in [0.29, 0.717) is 29.4 Å². The number of hydrogen-bond donors (Lipinski definition) is 2. The molecular formula is C37H35F3N2O8. The molecule has 0 fully saturated rings. The molecule has 0 saturated heterocycles. The Labute approximate surface area is 286 Å². The zero-order valence-electron chi connectivity index (χ0n) is 27.5. The summed E-state index contributed by atoms with van der Waals surface area (Å²) < 4.78 is 56.5. The molecule has 0 aliphatic rings. The fourth-order valence-electron chi connectivity index (χ4n) is 4.72. The van der Waals surface area contributed by atoms with E-state index in [9.17, 15) is 37.5 Å². The minimum Gasteiger partial charge on any atom is -0.497 e. The van der Waals surface area contributed by atoms with Gasteiger partial charge in [-0.3, -0.25) is 14.4 Å². The summed E-state index contributed by atoms with van der Waals surface area (Å²) in [5.74, 6) is -1.92. The van der Waals surface area contributed by atoms with Gasteiger partial charge in [0.1, 0.15) is 23.8 Å². The Morgan fingerprint density at radius 1 is 0.820 bits per heavy atom. The van der Waals surface area contributed by atoms with Crippen molar-refractivity contribution < 1.29 is 51.7 Å². The van der Waals surface area contributed by atoms with Gasteiger partial charge in [-0.05, 0) is 89.8 Å². The van der Waals surface area contributed by atoms with Crippen molar-refractivity contribution >= 4 is 29.4 Å². The molecule has 13 heteroatoms. The lowest BCUT2D eigenvalue weighted by Crippen LogP contribution is -2.35. The lowest BCUT2D eigenvalue weighted by molar-refractivity contribution is -0.139. The predicted molar refractivity (Wildman–Crippen MR) is 177 cm³/mol. The van der Waals surface area contributed by atoms with E-state index in [1.165, 1.54) is 55.6 Å². The van der Waals surface area contributed by atoms with Crippen LogP contribution in [0.1, 0.15) is 51.3 Å². The van der Waals surface area contributed by atoms with Crippen molar-refractivity contribution in [1.29, 1.82) is 0 Å². The number of benzene rings is 4. The molecule has 0 bridgehead atoms. The van der Waals surface area contributed by atoms with Crippen LogP contribution in [-0.4, -0.2) is 54.0 Å². The Balaban J connectivity index is 1.37. The first-order valence-electron chi connectivity index (χ1n) is 15.4. The molecule has 4 aromatic rings. The Kier molecular flexibility index (Phi) is 12.2. The quantitative estimate of drug-likeness (QED) is 0.108. The molecule has 4 aromatic carbocycles. The van der Waals surface area contributed by atoms with E-state index in [1.54, 1.807) is 36.4 Å². The number of alkyl halides is 3. The third-order valence-corrected chi connectivity index (χ3v) is 7.18. The van der Waals surface area contributed by atoms with Crippen molar-refractivity contribution in [1.82, 2.24) is 4.90 Å². The van der Waals surface area contributed by atoms with Crippen molar-refractivity contribution in [3.63, 3.8) is 0 Å². The molecule has 2 amide bonds. The maximum atomic E-state index is 13.5. The summed E-state index contributed by atoms with van der Waals surface area (Å²) in [6.45, 7) is 3.90. The monoisotopic (exact) mass is 692 g/mol. The molecule has 0 atom stereocenters. The van der Waals surface area contributed by atoms with Gasteiger partial charge in [0.2, 0.25) is 5.91 Å². The number of nitrogens with one attached hydrogen (secondary N) is 1. The number of amides is 2. The van der Waals surface area contributed by atoms with Gasteiger partial charge in [0.15, 0.2) is 0 Å². The van der Waals surface area contributed by atoms with E-state index in [2.05, 4.69) is 5.32 Å². The van der Waals surface area contributed by atoms with Crippen LogP contribution in [0.15, 0.2) is 91.0 Å². The van der Waals surface area contributed by atoms with Crippen LogP contribution >= 0.6 is 0 Å². The number of nitrogens with zero attached hydrogens (tertiary/aromatic N) is 1. The standard InChI is InChI=1S/C37H35F3N2O8/c1-23(2)22-49-29-15-8-26(9-16-29)36(47)50-30-13-4-24(5-14-30)20-42(21-34(44)45)35(46)25-6-11-28(12-7-25)41-33(43)18-27-10-17-31(48-3)19-32(27)37(38,39)40/h4-17,19,23H,18,20-22H2,1-3H3,(H,41,43)(H,44,45). The molecule has 0 heterocycles. The van der Waals surface area contributed by atoms with Gasteiger partial charge >= 0.3 is 18.1 Å². The van der Waals surface area contributed by atoms with Gasteiger partial charge in [-0.15, -0.1) is 0 Å². The van der Waals surface area contributed by atoms with E-state index in [4.69, 9.17) is 14.2 Å². The number of carboxylic acid groups (broad SMARTS) is 1. The number of carbonyl (C=O) groups excluding carboxylic acids is 3. The molecule has 0 aromatic heterocycles. The molecule has 0 aliphatic carbocycles. The molecule has 0 saturated carbocycles. The second-order valence-corrected chi connectivity index (χ2v) is 11.6. The first-order chi connectivity index (χ1) is 23.7. The average Bonchev–Trinajstić information content (AvgIpc) is 3.07. The van der Waals surface area contributed by atoms with Crippen LogP contribution in [0.3, 0.4) is 0 Å². The lowest BCUT2D eigenvalue weighted by Gasteiger charge is -2.21. The van der Waals surface area contributed by atoms with Gasteiger partial charge in [0.05, 0.1) is 31.3 Å². The van der Waals surface area contributed by atoms with Gasteiger partial charge < -0.3 is 29.5 Å². The van der Waals surface area contributed by atoms with Crippen LogP contribution in [0.25, 0.3) is 0 Å². The zero-order valence-corrected chi connectivity index (χ0v) is 27.5. The highest BCUT2D eigenvalue weighted by Gasteiger charge is 2.34. The summed E-state index contributed by atoms with van der Waals surface area (Å²) in [6.07, 6.45) is -5.26. The highest BCUT2D eigenvalue weighted by molar-refractivity contribution is 5.97. The van der Waals surface area contributed by atoms with E-state index >= 15 is 0 Å². The number of hydrogen-bond acceptors (Lipinski definition) is 7. The van der Waals surface area contributed by atoms with Crippen molar-refractivity contribution in [2.75, 3.05) is 25.6 Å². The van der Waals surface area contributed by atoms with E-state index in [1.807, 2.05) is 13.8 Å². The molecule has 50 heavy (non-hydrogen) atoms. The second kappa shape index (κ2) is 16.5. The van der Waals surface area contributed by atoms with Crippen LogP contribution in [0.5, 0.6) is 17.2 Å². The van der Waals surface area contributed by atoms with E-state index < -0.39 is 48.5 Å². The Morgan fingerprint density at radius 3 is 2.00 bits per heavy atom. The number of anilines is 1. The molecule has 10 nitrogen and oxygen atoms in total. The van der Waals surface area contributed by atoms with Crippen molar-refractivity contribution in [3.8, 4) is 17.2 Å². The first-order valence-corrected chi connectivity index (χ1v) is 15.4. The molecule has 0 aliphatic heterocycles. The molecule has 0 unspecified atom stereocenters. The molecule has 262 valence electrons. The maximum Gasteiger partial charge on any atom is 0.416 e. The van der Waals surface area contributed by atoms with Gasteiger partial charge in [-0.2, -0.15) is 13.2 Å². The molecular weight excluding hydrogens is 657 g/mol. The van der Waals surface area contributed by atoms with Crippen LogP contribution in [0.4, 0.5) is 18.9 Å². The van der Waals surface area contributed by atoms with Crippen LogP contribution in [-0.2, 0) is 28.7 Å². The molecule has 0 spiro atoms. The average molecular weight is 693 g/mol. The van der Waals surface area contributed by atoms with Gasteiger partial charge in [0, 0.05) is 17.8 Å². The summed E-state index contributed by atoms with van der Waals surface area (Å²) in [6, 6.07) is 21.6. The van der Waals surface area contributed by atoms with Gasteiger partial charge in [0.25, 0.3) is 5.91 Å². The summed E-state index contributed by atoms with van der Waals surface area (Å²) in [5, 5.41) is 12.0. The Hall–Kier alpha value is -5.85. The number of methoxy groups -OCH3 is 1. The van der Waals surface area contributed by atoms with Crippen molar-refractivity contribution in [2.45, 2.75) is 33.0 Å². The van der Waals surface area contributed by atoms with Crippen LogP contribution < -0.4 is 19.5 Å². The van der Waals surface area contributed by atoms with Gasteiger partial charge in [-0.1, -0.05) is 32.0 Å². The minimum absolute atomic E-state index is 0.00216. The molecule has 4 rings (SSSR count). The topological polar surface area (TPSA) is 131 Å². The Morgan fingerprint density at radius 2 is 1.42 bits per heavy atom. The third-order valence-electron chi connectivity index (χ3n) is 7.18. The molecule has 0 radical (unpaired) electrons. The van der Waals surface area contributed by atoms with Crippen LogP contribution in [0, 0.1) is 5.92 Å². The fraction of sp³-hybridized carbons (Fsp3) is 0.243. The largest absolute Gasteiger partial charge is 0.497 e. The molecule has 2 N–H and O–H groups in total. The fourth-order valence-corrected chi connectivity index (χ4v) is 4.72. The third kappa shape index (κ3) is 10.6. The van der Waals surface area contributed by atoms with E-state index in [-0.39, 0.29) is 34.9 Å². The maximum absolute atomic E-state index is 13.5. The smallest absolute Gasteiger partial charge is 0.416 e. The SMILES string of the molecule is COc1ccc(CC(=O)Nc2ccc(C(=O)N(CC(=O)O)Cc3ccc(OC(=O)c4ccc(OCC(C)C)cc4)cc3)cc2)c(C(F)(F)F)c1. The summed E-state index contributed by atoms with van der Waals surface area (Å²) in [4.78, 5) is 51.2. The number of ether oxygens (including phenoxy) is 3. The number of rotatable bonds is 14. The summed E-state index contributed by atoms with van der Waals surface area (Å²) in [7, 11) is 1.24. The summed E-state index contributed by atoms with van der Waals surface area (Å²) >= 11 is 0. The number of halogens is 3. The highest BCUT2D eigenvalue weighted by atomic mass is 19.4. The number of carboxylic acids is 1. The Bertz CT molecular complexity index is 1810. The second-order valence-electron chi connectivity index (χ2n) is 11.6. The van der Waals surface area contributed by atoms with Crippen molar-refractivity contribution in [3.05, 3.63) is 119 Å². The first kappa shape index (κ1) is 37.0. The minimum atomic E-state index is -4.70. The highest BCUT2D eigenvalue weighted by Crippen LogP contribution is 2.35. The predicted octanol–water partition coefficient (Wildman–Crippen LogP) is 6.88. The van der Waals surface area contributed by atoms with Crippen molar-refractivity contribution in [2.24, 2.45) is 5.92 Å². The zero-order chi connectivity index (χ0) is 36.4.